The van der Waals surface area contributed by atoms with Crippen molar-refractivity contribution >= 4 is 66.5 Å². The smallest absolute Gasteiger partial charge is 0.415 e. The van der Waals surface area contributed by atoms with Crippen LogP contribution in [0.25, 0.3) is 0 Å². The van der Waals surface area contributed by atoms with Crippen LogP contribution in [0.15, 0.2) is 202 Å². The van der Waals surface area contributed by atoms with Crippen molar-refractivity contribution < 1.29 is 170 Å². The Kier molecular flexibility index (Phi) is 217. The van der Waals surface area contributed by atoms with Gasteiger partial charge in [-0.2, -0.15) is 0 Å². The van der Waals surface area contributed by atoms with E-state index >= 15 is 0 Å². The molecule has 8 radical (unpaired) electrons. The molecule has 8 aliphatic rings. The van der Waals surface area contributed by atoms with Crippen molar-refractivity contribution in [1.82, 2.24) is 0 Å². The third-order valence-corrected chi connectivity index (χ3v) is 30.5. The molecule has 150 heavy (non-hydrogen) atoms. The van der Waals surface area contributed by atoms with E-state index in [9.17, 15) is 0 Å². The Morgan fingerprint density at radius 3 is 0.633 bits per heavy atom. The van der Waals surface area contributed by atoms with E-state index in [0.29, 0.717) is 48.8 Å². The molecule has 8 aliphatic carbocycles. The molecule has 0 heterocycles. The van der Waals surface area contributed by atoms with Gasteiger partial charge in [0.05, 0.1) is 12.2 Å². The second-order valence-electron chi connectivity index (χ2n) is 44.5. The molecule has 0 aliphatic heterocycles. The Labute approximate surface area is 1050 Å². The van der Waals surface area contributed by atoms with Gasteiger partial charge in [-0.05, 0) is 336 Å². The van der Waals surface area contributed by atoms with Crippen LogP contribution in [0, 0.1) is 202 Å². The molecule has 0 N–H and O–H groups in total. The van der Waals surface area contributed by atoms with Crippen molar-refractivity contribution in [2.24, 2.45) is 82.9 Å². The Morgan fingerprint density at radius 2 is 0.420 bits per heavy atom. The zero-order valence-corrected chi connectivity index (χ0v) is 126. The molecule has 24 heteroatoms. The third-order valence-electron chi connectivity index (χ3n) is 22.4. The molecule has 0 spiro atoms. The molecule has 0 amide bonds. The summed E-state index contributed by atoms with van der Waals surface area (Å²) < 4.78 is 48.8. The average molecular weight is 2610 g/mol. The summed E-state index contributed by atoms with van der Waals surface area (Å²) in [5.74, 6) is 11.4. The summed E-state index contributed by atoms with van der Waals surface area (Å²) in [6.45, 7) is 141. The number of hydrogen-bond acceptors (Lipinski definition) is 8. The maximum atomic E-state index is 6.23. The number of rotatable bonds is 24. The van der Waals surface area contributed by atoms with Crippen LogP contribution in [-0.2, 0) is 170 Å². The second-order valence-corrected chi connectivity index (χ2v) is 80.2. The van der Waals surface area contributed by atoms with E-state index in [-0.39, 0.29) is 253 Å². The van der Waals surface area contributed by atoms with Crippen molar-refractivity contribution in [2.45, 2.75) is 418 Å². The predicted octanol–water partition coefficient (Wildman–Crippen LogP) is 43.7. The van der Waals surface area contributed by atoms with Gasteiger partial charge in [0.25, 0.3) is 0 Å². The van der Waals surface area contributed by atoms with Crippen LogP contribution in [0.3, 0.4) is 0 Å². The molecular weight excluding hydrogens is 2340 g/mol. The Morgan fingerprint density at radius 1 is 0.160 bits per heavy atom. The minimum absolute atomic E-state index is 0. The van der Waals surface area contributed by atoms with Crippen LogP contribution in [0.4, 0.5) is 0 Å². The van der Waals surface area contributed by atoms with Gasteiger partial charge in [-0.25, -0.2) is 0 Å². The summed E-state index contributed by atoms with van der Waals surface area (Å²) in [6, 6.07) is 0. The number of allylic oxidation sites excluding steroid dienone is 16. The molecule has 0 aromatic heterocycles. The summed E-state index contributed by atoms with van der Waals surface area (Å²) in [7, 11) is -10.3. The van der Waals surface area contributed by atoms with Gasteiger partial charge >= 0.3 is 134 Å². The quantitative estimate of drug-likeness (QED) is 0.0538. The van der Waals surface area contributed by atoms with Crippen molar-refractivity contribution in [3.63, 3.8) is 0 Å². The molecule has 8 saturated carbocycles. The van der Waals surface area contributed by atoms with Gasteiger partial charge < -0.3 is 154 Å². The maximum absolute atomic E-state index is 6.23. The van der Waals surface area contributed by atoms with E-state index < -0.39 is 66.5 Å². The SMILES string of the molecule is C=CC=C.C=CC=C.C=CC=C.C=CC=C.C=CC=C.C=CC=C.C=CC=C.C=CC=C.CC1CC(C)C(O[Si](C)(C)C)C1.CC1CC(C)C(O[Si](C)(C)C)C1C.CC1CC(O[Si](C)(C)C)C(C)C1C.CC1CCC(C)C1O[Si](C)(C)C.CC1CCC(O[Si](C)(C)C)C1.CC1CCC(O[Si](C)(C)C)C1C.CC1CCCC1O[Si](C)(C)C.C[Si](C)(C)OC1CCCC1.[CH3-].[CH3-].[CH3-].[CH3-].[CH3-].[CH3-].[CH3-].[CH3-].[CH3-].[CH3-].[CH3-].[CH3-].[CH3-].[CH3-].[CH3-].[CH3-].[Co+2].[Co+2].[Co+2].[Co+2].[Co+2].[Co+2].[Co+2].[Co+2]. The molecule has 0 aromatic carbocycles. The van der Waals surface area contributed by atoms with E-state index in [1.165, 1.54) is 116 Å². The van der Waals surface area contributed by atoms with Gasteiger partial charge in [0.15, 0.2) is 66.5 Å². The second kappa shape index (κ2) is 135. The normalized spacial score (nSPS) is 23.4. The first-order valence-corrected chi connectivity index (χ1v) is 76.2. The van der Waals surface area contributed by atoms with Gasteiger partial charge in [0.1, 0.15) is 0 Å². The van der Waals surface area contributed by atoms with E-state index in [1.54, 1.807) is 97.2 Å². The first-order valence-electron chi connectivity index (χ1n) is 49.0. The van der Waals surface area contributed by atoms with Crippen molar-refractivity contribution in [2.75, 3.05) is 0 Å². The largest absolute Gasteiger partial charge is 2.00 e. The molecule has 8 fully saturated rings. The number of hydrogen-bond donors (Lipinski definition) is 0. The summed E-state index contributed by atoms with van der Waals surface area (Å²) in [5.41, 5.74) is 0. The average Bonchev–Trinajstić information content (AvgIpc) is 1.69. The fraction of sp³-hybridized carbons (Fsp3) is 0.619. The summed E-state index contributed by atoms with van der Waals surface area (Å²) in [4.78, 5) is 0. The van der Waals surface area contributed by atoms with Crippen LogP contribution >= 0.6 is 0 Å². The standard InChI is InChI=1S/2C11H24OSi.3C10H22OSi.2C9H20OSi.C8H18OSi.8C4H6.16CH3.8Co/c1-8-7-11(10(3)9(8)2)12-13(4,5)6;1-8-7-9(2)11(10(8)3)12-13(4,5)6;1-8-6-9(2)10(7-8)11-12(3,4)5;1-8-6-7-10(9(8)2)11-12(3,4)5;1-8-6-7-9(2)10(8)11-12(3,4)5;1-8-5-6-9(7-8)10-11(2,3)4;1-8-6-5-7-9(8)10-11(2,3)4;1-10(2,3)9-8-6-4-5-7-8;8*1-3-4-2;;;;;;;;;;;;;;;;;;;;;;;;/h2*8-11H,7H2,1-6H3;3*8-10H,6-7H2,1-5H3;2*8-9H,5-7H2,1-4H3;8H,4-7H2,1-3H3;8*3-4H,1-2H2;16*1H3;;;;;;;;/q;;;;;;;;;;;;;;;;16*-1;8*+2. The van der Waals surface area contributed by atoms with Gasteiger partial charge in [0.2, 0.25) is 0 Å². The van der Waals surface area contributed by atoms with Crippen LogP contribution in [0.1, 0.15) is 213 Å². The predicted molar refractivity (Wildman–Crippen MR) is 703 cm³/mol. The van der Waals surface area contributed by atoms with Crippen LogP contribution < -0.4 is 0 Å². The van der Waals surface area contributed by atoms with Gasteiger partial charge in [0, 0.05) is 36.6 Å². The van der Waals surface area contributed by atoms with Gasteiger partial charge in [-0.3, -0.25) is 0 Å². The van der Waals surface area contributed by atoms with E-state index in [1.807, 2.05) is 0 Å². The van der Waals surface area contributed by atoms with E-state index in [2.05, 4.69) is 359 Å². The fourth-order valence-electron chi connectivity index (χ4n) is 15.8. The van der Waals surface area contributed by atoms with Crippen molar-refractivity contribution in [3.8, 4) is 0 Å². The Hall–Kier alpha value is 1.31. The minimum atomic E-state index is -1.34. The summed E-state index contributed by atoms with van der Waals surface area (Å²) >= 11 is 0. The maximum Gasteiger partial charge on any atom is 2.00 e. The molecule has 8 nitrogen and oxygen atoms in total. The fourth-order valence-corrected chi connectivity index (χ4v) is 25.8. The van der Waals surface area contributed by atoms with Crippen molar-refractivity contribution in [3.05, 3.63) is 321 Å². The van der Waals surface area contributed by atoms with E-state index in [0.717, 1.165) is 82.9 Å². The monoisotopic (exact) mass is 2610 g/mol. The molecule has 20 atom stereocenters. The van der Waals surface area contributed by atoms with Crippen LogP contribution in [0.5, 0.6) is 0 Å². The summed E-state index contributed by atoms with van der Waals surface area (Å²) in [5, 5.41) is 0. The first kappa shape index (κ1) is 240. The molecule has 8 rings (SSSR count). The molecule has 924 valence electrons. The van der Waals surface area contributed by atoms with E-state index in [4.69, 9.17) is 35.4 Å². The zero-order valence-electron chi connectivity index (χ0n) is 110. The van der Waals surface area contributed by atoms with Crippen LogP contribution in [0.2, 0.25) is 157 Å². The van der Waals surface area contributed by atoms with Crippen molar-refractivity contribution in [1.29, 1.82) is 0 Å². The minimum Gasteiger partial charge on any atom is -0.415 e. The Balaban J connectivity index is -0.0000000332. The Bertz CT molecular complexity index is 2640. The zero-order chi connectivity index (χ0) is 100. The van der Waals surface area contributed by atoms with Crippen LogP contribution in [-0.4, -0.2) is 115 Å². The van der Waals surface area contributed by atoms with Gasteiger partial charge in [-0.1, -0.05) is 319 Å². The topological polar surface area (TPSA) is 73.8 Å². The molecule has 0 bridgehead atoms. The molecule has 0 saturated heterocycles. The molecule has 20 unspecified atom stereocenters. The third kappa shape index (κ3) is 156. The first-order chi connectivity index (χ1) is 57.7. The summed E-state index contributed by atoms with van der Waals surface area (Å²) in [6.07, 6.45) is 54.8. The molecule has 0 aromatic rings. The van der Waals surface area contributed by atoms with Gasteiger partial charge in [-0.15, -0.1) is 0 Å². The molecular formula is C126H268Co8O8Si8.